The van der Waals surface area contributed by atoms with E-state index in [1.54, 1.807) is 36.4 Å². The molecule has 0 radical (unpaired) electrons. The van der Waals surface area contributed by atoms with E-state index in [0.29, 0.717) is 29.3 Å². The SMILES string of the molecule is COC(=O)c1ccc(CNC(=O)c2cccc(Nc3cc(-c4ccccc4)nc(C)n3)c2)cc1. The number of ether oxygens (including phenoxy) is 1. The average molecular weight is 453 g/mol. The quantitative estimate of drug-likeness (QED) is 0.387. The topological polar surface area (TPSA) is 93.2 Å². The summed E-state index contributed by atoms with van der Waals surface area (Å²) in [6, 6.07) is 25.9. The molecule has 1 amide bonds. The molecule has 1 heterocycles. The van der Waals surface area contributed by atoms with Crippen LogP contribution in [0, 0.1) is 6.92 Å². The zero-order chi connectivity index (χ0) is 23.9. The Balaban J connectivity index is 1.43. The van der Waals surface area contributed by atoms with Crippen molar-refractivity contribution in [1.82, 2.24) is 15.3 Å². The molecule has 4 aromatic rings. The first kappa shape index (κ1) is 22.7. The summed E-state index contributed by atoms with van der Waals surface area (Å²) in [6.45, 7) is 2.18. The van der Waals surface area contributed by atoms with E-state index < -0.39 is 5.97 Å². The average Bonchev–Trinajstić information content (AvgIpc) is 2.87. The highest BCUT2D eigenvalue weighted by atomic mass is 16.5. The Morgan fingerprint density at radius 3 is 2.35 bits per heavy atom. The lowest BCUT2D eigenvalue weighted by Gasteiger charge is -2.11. The number of rotatable bonds is 7. The molecule has 0 aliphatic heterocycles. The Labute approximate surface area is 197 Å². The van der Waals surface area contributed by atoms with E-state index in [-0.39, 0.29) is 5.91 Å². The van der Waals surface area contributed by atoms with Gasteiger partial charge in [-0.2, -0.15) is 0 Å². The number of aryl methyl sites for hydroxylation is 1. The van der Waals surface area contributed by atoms with E-state index in [0.717, 1.165) is 22.5 Å². The molecule has 0 aliphatic rings. The third-order valence-corrected chi connectivity index (χ3v) is 5.13. The summed E-state index contributed by atoms with van der Waals surface area (Å²) in [7, 11) is 1.34. The number of benzene rings is 3. The van der Waals surface area contributed by atoms with Crippen LogP contribution in [0.2, 0.25) is 0 Å². The number of anilines is 2. The molecule has 0 fully saturated rings. The van der Waals surface area contributed by atoms with Crippen molar-refractivity contribution in [1.29, 1.82) is 0 Å². The van der Waals surface area contributed by atoms with Crippen molar-refractivity contribution in [2.24, 2.45) is 0 Å². The van der Waals surface area contributed by atoms with Gasteiger partial charge in [0.25, 0.3) is 5.91 Å². The standard InChI is InChI=1S/C27H24N4O3/c1-18-29-24(20-7-4-3-5-8-20)16-25(30-18)31-23-10-6-9-22(15-23)26(32)28-17-19-11-13-21(14-12-19)27(33)34-2/h3-16H,17H2,1-2H3,(H,28,32)(H,29,30,31). The highest BCUT2D eigenvalue weighted by Gasteiger charge is 2.09. The molecule has 34 heavy (non-hydrogen) atoms. The van der Waals surface area contributed by atoms with Gasteiger partial charge in [0, 0.05) is 29.4 Å². The summed E-state index contributed by atoms with van der Waals surface area (Å²) in [5, 5.41) is 6.17. The third kappa shape index (κ3) is 5.63. The summed E-state index contributed by atoms with van der Waals surface area (Å²) in [5.41, 5.74) is 4.43. The smallest absolute Gasteiger partial charge is 0.337 e. The second-order valence-electron chi connectivity index (χ2n) is 7.63. The predicted octanol–water partition coefficient (Wildman–Crippen LogP) is 4.91. The van der Waals surface area contributed by atoms with Gasteiger partial charge in [-0.15, -0.1) is 0 Å². The van der Waals surface area contributed by atoms with Gasteiger partial charge in [-0.1, -0.05) is 48.5 Å². The molecule has 0 unspecified atom stereocenters. The van der Waals surface area contributed by atoms with E-state index in [1.807, 2.05) is 55.5 Å². The number of aromatic nitrogens is 2. The van der Waals surface area contributed by atoms with Gasteiger partial charge in [-0.05, 0) is 42.8 Å². The zero-order valence-electron chi connectivity index (χ0n) is 18.9. The lowest BCUT2D eigenvalue weighted by atomic mass is 10.1. The van der Waals surface area contributed by atoms with Crippen molar-refractivity contribution in [2.75, 3.05) is 12.4 Å². The molecular formula is C27H24N4O3. The molecule has 0 saturated carbocycles. The van der Waals surface area contributed by atoms with Crippen LogP contribution in [0.15, 0.2) is 84.9 Å². The number of carbonyl (C=O) groups is 2. The van der Waals surface area contributed by atoms with Gasteiger partial charge in [0.1, 0.15) is 11.6 Å². The van der Waals surface area contributed by atoms with Crippen LogP contribution >= 0.6 is 0 Å². The van der Waals surface area contributed by atoms with Crippen molar-refractivity contribution in [3.63, 3.8) is 0 Å². The Bertz CT molecular complexity index is 1310. The van der Waals surface area contributed by atoms with Crippen molar-refractivity contribution < 1.29 is 14.3 Å². The molecule has 0 saturated heterocycles. The van der Waals surface area contributed by atoms with Gasteiger partial charge >= 0.3 is 5.97 Å². The van der Waals surface area contributed by atoms with E-state index in [2.05, 4.69) is 20.6 Å². The van der Waals surface area contributed by atoms with Crippen LogP contribution in [0.3, 0.4) is 0 Å². The first-order chi connectivity index (χ1) is 16.5. The largest absolute Gasteiger partial charge is 0.465 e. The molecule has 4 rings (SSSR count). The molecule has 3 aromatic carbocycles. The van der Waals surface area contributed by atoms with Gasteiger partial charge in [0.05, 0.1) is 18.4 Å². The number of methoxy groups -OCH3 is 1. The number of nitrogens with one attached hydrogen (secondary N) is 2. The number of carbonyl (C=O) groups excluding carboxylic acids is 2. The maximum Gasteiger partial charge on any atom is 0.337 e. The van der Waals surface area contributed by atoms with Gasteiger partial charge in [-0.3, -0.25) is 4.79 Å². The highest BCUT2D eigenvalue weighted by Crippen LogP contribution is 2.22. The van der Waals surface area contributed by atoms with Crippen LogP contribution in [0.1, 0.15) is 32.1 Å². The van der Waals surface area contributed by atoms with Gasteiger partial charge < -0.3 is 15.4 Å². The lowest BCUT2D eigenvalue weighted by molar-refractivity contribution is 0.0600. The van der Waals surface area contributed by atoms with Gasteiger partial charge in [-0.25, -0.2) is 14.8 Å². The van der Waals surface area contributed by atoms with Crippen LogP contribution in [-0.2, 0) is 11.3 Å². The van der Waals surface area contributed by atoms with E-state index >= 15 is 0 Å². The summed E-state index contributed by atoms with van der Waals surface area (Å²) >= 11 is 0. The molecule has 0 spiro atoms. The molecular weight excluding hydrogens is 428 g/mol. The minimum absolute atomic E-state index is 0.204. The maximum atomic E-state index is 12.7. The van der Waals surface area contributed by atoms with Crippen LogP contribution in [0.5, 0.6) is 0 Å². The summed E-state index contributed by atoms with van der Waals surface area (Å²) in [5.74, 6) is 0.699. The monoisotopic (exact) mass is 452 g/mol. The third-order valence-electron chi connectivity index (χ3n) is 5.13. The van der Waals surface area contributed by atoms with Crippen LogP contribution in [0.25, 0.3) is 11.3 Å². The number of hydrogen-bond donors (Lipinski definition) is 2. The van der Waals surface area contributed by atoms with Crippen LogP contribution in [-0.4, -0.2) is 29.0 Å². The number of amides is 1. The molecule has 1 aromatic heterocycles. The van der Waals surface area contributed by atoms with Gasteiger partial charge in [0.2, 0.25) is 0 Å². The fourth-order valence-corrected chi connectivity index (χ4v) is 3.44. The highest BCUT2D eigenvalue weighted by molar-refractivity contribution is 5.95. The Morgan fingerprint density at radius 2 is 1.62 bits per heavy atom. The molecule has 0 bridgehead atoms. The van der Waals surface area contributed by atoms with E-state index in [1.165, 1.54) is 7.11 Å². The number of esters is 1. The van der Waals surface area contributed by atoms with E-state index in [9.17, 15) is 9.59 Å². The molecule has 0 atom stereocenters. The number of hydrogen-bond acceptors (Lipinski definition) is 6. The van der Waals surface area contributed by atoms with Gasteiger partial charge in [0.15, 0.2) is 0 Å². The fourth-order valence-electron chi connectivity index (χ4n) is 3.44. The summed E-state index contributed by atoms with van der Waals surface area (Å²) in [6.07, 6.45) is 0. The normalized spacial score (nSPS) is 10.4. The van der Waals surface area contributed by atoms with Crippen molar-refractivity contribution in [3.8, 4) is 11.3 Å². The minimum Gasteiger partial charge on any atom is -0.465 e. The van der Waals surface area contributed by atoms with Crippen LogP contribution in [0.4, 0.5) is 11.5 Å². The fraction of sp³-hybridized carbons (Fsp3) is 0.111. The van der Waals surface area contributed by atoms with Crippen molar-refractivity contribution in [2.45, 2.75) is 13.5 Å². The zero-order valence-corrected chi connectivity index (χ0v) is 18.9. The first-order valence-electron chi connectivity index (χ1n) is 10.8. The second kappa shape index (κ2) is 10.4. The molecule has 7 heteroatoms. The van der Waals surface area contributed by atoms with Crippen LogP contribution < -0.4 is 10.6 Å². The second-order valence-corrected chi connectivity index (χ2v) is 7.63. The summed E-state index contributed by atoms with van der Waals surface area (Å²) < 4.78 is 4.70. The molecule has 0 aliphatic carbocycles. The van der Waals surface area contributed by atoms with Crippen molar-refractivity contribution in [3.05, 3.63) is 107 Å². The number of nitrogens with zero attached hydrogens (tertiary/aromatic N) is 2. The first-order valence-corrected chi connectivity index (χ1v) is 10.8. The maximum absolute atomic E-state index is 12.7. The minimum atomic E-state index is -0.394. The Hall–Kier alpha value is -4.52. The Kier molecular flexibility index (Phi) is 6.93. The Morgan fingerprint density at radius 1 is 0.853 bits per heavy atom. The molecule has 2 N–H and O–H groups in total. The van der Waals surface area contributed by atoms with E-state index in [4.69, 9.17) is 4.74 Å². The molecule has 7 nitrogen and oxygen atoms in total. The lowest BCUT2D eigenvalue weighted by Crippen LogP contribution is -2.22. The van der Waals surface area contributed by atoms with Crippen molar-refractivity contribution >= 4 is 23.4 Å². The summed E-state index contributed by atoms with van der Waals surface area (Å²) in [4.78, 5) is 33.2. The molecule has 170 valence electrons. The predicted molar refractivity (Wildman–Crippen MR) is 131 cm³/mol.